The Morgan fingerprint density at radius 1 is 1.00 bits per heavy atom. The van der Waals surface area contributed by atoms with Crippen LogP contribution in [0.25, 0.3) is 0 Å². The quantitative estimate of drug-likeness (QED) is 0.822. The van der Waals surface area contributed by atoms with Gasteiger partial charge in [0, 0.05) is 11.6 Å². The van der Waals surface area contributed by atoms with Crippen LogP contribution in [0.3, 0.4) is 0 Å². The molecule has 0 radical (unpaired) electrons. The van der Waals surface area contributed by atoms with Gasteiger partial charge in [0.2, 0.25) is 10.0 Å². The number of benzene rings is 2. The first-order valence-electron chi connectivity index (χ1n) is 7.35. The van der Waals surface area contributed by atoms with Gasteiger partial charge in [0.15, 0.2) is 0 Å². The second-order valence-corrected chi connectivity index (χ2v) is 7.17. The van der Waals surface area contributed by atoms with Crippen LogP contribution >= 0.6 is 0 Å². The van der Waals surface area contributed by atoms with Gasteiger partial charge in [-0.15, -0.1) is 0 Å². The molecule has 0 unspecified atom stereocenters. The Labute approximate surface area is 147 Å². The lowest BCUT2D eigenvalue weighted by Gasteiger charge is -2.13. The van der Waals surface area contributed by atoms with Crippen molar-refractivity contribution >= 4 is 27.3 Å². The largest absolute Gasteiger partial charge is 0.497 e. The van der Waals surface area contributed by atoms with Gasteiger partial charge >= 0.3 is 0 Å². The molecule has 134 valence electrons. The minimum atomic E-state index is -3.43. The number of carbonyl (C=O) groups excluding carboxylic acids is 1. The van der Waals surface area contributed by atoms with Crippen molar-refractivity contribution in [2.75, 3.05) is 30.5 Å². The van der Waals surface area contributed by atoms with Crippen LogP contribution in [0.4, 0.5) is 11.4 Å². The summed E-state index contributed by atoms with van der Waals surface area (Å²) in [5, 5.41) is 2.74. The molecule has 0 saturated heterocycles. The molecule has 0 atom stereocenters. The number of carbonyl (C=O) groups is 1. The van der Waals surface area contributed by atoms with Gasteiger partial charge in [-0.2, -0.15) is 0 Å². The van der Waals surface area contributed by atoms with Gasteiger partial charge < -0.3 is 14.8 Å². The number of methoxy groups -OCH3 is 2. The van der Waals surface area contributed by atoms with E-state index in [0.717, 1.165) is 6.26 Å². The highest BCUT2D eigenvalue weighted by atomic mass is 32.2. The van der Waals surface area contributed by atoms with Crippen molar-refractivity contribution in [2.24, 2.45) is 0 Å². The highest BCUT2D eigenvalue weighted by Gasteiger charge is 2.13. The zero-order chi connectivity index (χ0) is 18.6. The predicted molar refractivity (Wildman–Crippen MR) is 97.1 cm³/mol. The third-order valence-corrected chi connectivity index (χ3v) is 4.04. The molecule has 7 nitrogen and oxygen atoms in total. The molecule has 25 heavy (non-hydrogen) atoms. The van der Waals surface area contributed by atoms with Crippen LogP contribution in [-0.2, 0) is 10.0 Å². The Morgan fingerprint density at radius 2 is 1.72 bits per heavy atom. The molecule has 2 aromatic rings. The van der Waals surface area contributed by atoms with Gasteiger partial charge in [0.25, 0.3) is 5.91 Å². The van der Waals surface area contributed by atoms with Gasteiger partial charge in [-0.3, -0.25) is 9.52 Å². The van der Waals surface area contributed by atoms with E-state index < -0.39 is 10.0 Å². The van der Waals surface area contributed by atoms with E-state index in [9.17, 15) is 13.2 Å². The molecule has 1 amide bonds. The molecule has 0 bridgehead atoms. The smallest absolute Gasteiger partial charge is 0.255 e. The van der Waals surface area contributed by atoms with Gasteiger partial charge in [-0.1, -0.05) is 6.07 Å². The van der Waals surface area contributed by atoms with Crippen LogP contribution in [0, 0.1) is 6.92 Å². The molecule has 0 fully saturated rings. The molecule has 2 aromatic carbocycles. The molecule has 0 aromatic heterocycles. The summed E-state index contributed by atoms with van der Waals surface area (Å²) < 4.78 is 35.6. The second-order valence-electron chi connectivity index (χ2n) is 5.42. The van der Waals surface area contributed by atoms with E-state index in [1.807, 2.05) is 0 Å². The highest BCUT2D eigenvalue weighted by Crippen LogP contribution is 2.29. The first kappa shape index (κ1) is 18.6. The number of hydrogen-bond acceptors (Lipinski definition) is 5. The lowest BCUT2D eigenvalue weighted by Crippen LogP contribution is -2.15. The van der Waals surface area contributed by atoms with E-state index in [2.05, 4.69) is 10.0 Å². The van der Waals surface area contributed by atoms with Crippen LogP contribution in [-0.4, -0.2) is 34.8 Å². The minimum Gasteiger partial charge on any atom is -0.497 e. The number of rotatable bonds is 6. The fraction of sp³-hybridized carbons (Fsp3) is 0.235. The highest BCUT2D eigenvalue weighted by molar-refractivity contribution is 7.92. The third-order valence-electron chi connectivity index (χ3n) is 3.45. The second kappa shape index (κ2) is 7.43. The van der Waals surface area contributed by atoms with Crippen LogP contribution in [0.15, 0.2) is 36.4 Å². The minimum absolute atomic E-state index is 0.314. The summed E-state index contributed by atoms with van der Waals surface area (Å²) in [7, 11) is -0.407. The number of nitrogens with one attached hydrogen (secondary N) is 2. The molecule has 8 heteroatoms. The van der Waals surface area contributed by atoms with Crippen molar-refractivity contribution in [1.29, 1.82) is 0 Å². The normalized spacial score (nSPS) is 10.9. The lowest BCUT2D eigenvalue weighted by atomic mass is 10.1. The zero-order valence-corrected chi connectivity index (χ0v) is 15.2. The van der Waals surface area contributed by atoms with Gasteiger partial charge in [-0.25, -0.2) is 8.42 Å². The monoisotopic (exact) mass is 364 g/mol. The van der Waals surface area contributed by atoms with E-state index >= 15 is 0 Å². The number of sulfonamides is 1. The van der Waals surface area contributed by atoms with Crippen molar-refractivity contribution in [1.82, 2.24) is 0 Å². The standard InChI is InChI=1S/C17H20N2O5S/c1-11-5-6-12(9-15(11)19-25(4,21)22)17(20)18-14-8-7-13(23-2)10-16(14)24-3/h5-10,19H,1-4H3,(H,18,20). The topological polar surface area (TPSA) is 93.7 Å². The summed E-state index contributed by atoms with van der Waals surface area (Å²) in [6, 6.07) is 9.80. The van der Waals surface area contributed by atoms with E-state index in [1.54, 1.807) is 37.3 Å². The summed E-state index contributed by atoms with van der Waals surface area (Å²) in [5.74, 6) is 0.666. The maximum absolute atomic E-state index is 12.5. The molecule has 2 N–H and O–H groups in total. The number of ether oxygens (including phenoxy) is 2. The number of anilines is 2. The lowest BCUT2D eigenvalue weighted by molar-refractivity contribution is 0.102. The van der Waals surface area contributed by atoms with Gasteiger partial charge in [0.1, 0.15) is 11.5 Å². The van der Waals surface area contributed by atoms with Crippen LogP contribution < -0.4 is 19.5 Å². The first-order chi connectivity index (χ1) is 11.7. The fourth-order valence-electron chi connectivity index (χ4n) is 2.17. The number of hydrogen-bond donors (Lipinski definition) is 2. The third kappa shape index (κ3) is 4.87. The van der Waals surface area contributed by atoms with E-state index in [-0.39, 0.29) is 5.91 Å². The van der Waals surface area contributed by atoms with Crippen molar-refractivity contribution in [3.8, 4) is 11.5 Å². The van der Waals surface area contributed by atoms with Crippen molar-refractivity contribution in [3.63, 3.8) is 0 Å². The van der Waals surface area contributed by atoms with E-state index in [4.69, 9.17) is 9.47 Å². The van der Waals surface area contributed by atoms with Gasteiger partial charge in [-0.05, 0) is 36.8 Å². The summed E-state index contributed by atoms with van der Waals surface area (Å²) in [6.07, 6.45) is 1.06. The predicted octanol–water partition coefficient (Wildman–Crippen LogP) is 2.64. The molecule has 0 aliphatic heterocycles. The molecular formula is C17H20N2O5S. The molecule has 0 heterocycles. The number of aryl methyl sites for hydroxylation is 1. The van der Waals surface area contributed by atoms with Crippen LogP contribution in [0.5, 0.6) is 11.5 Å². The van der Waals surface area contributed by atoms with Crippen molar-refractivity contribution in [3.05, 3.63) is 47.5 Å². The SMILES string of the molecule is COc1ccc(NC(=O)c2ccc(C)c(NS(C)(=O)=O)c2)c(OC)c1. The van der Waals surface area contributed by atoms with Crippen LogP contribution in [0.1, 0.15) is 15.9 Å². The number of amides is 1. The average Bonchev–Trinajstić information content (AvgIpc) is 2.55. The van der Waals surface area contributed by atoms with Crippen molar-refractivity contribution in [2.45, 2.75) is 6.92 Å². The average molecular weight is 364 g/mol. The summed E-state index contributed by atoms with van der Waals surface area (Å²) >= 11 is 0. The Hall–Kier alpha value is -2.74. The first-order valence-corrected chi connectivity index (χ1v) is 9.24. The molecule has 0 aliphatic rings. The summed E-state index contributed by atoms with van der Waals surface area (Å²) in [4.78, 5) is 12.5. The molecule has 0 saturated carbocycles. The Balaban J connectivity index is 2.28. The summed E-state index contributed by atoms with van der Waals surface area (Å²) in [6.45, 7) is 1.75. The van der Waals surface area contributed by atoms with Crippen molar-refractivity contribution < 1.29 is 22.7 Å². The molecular weight excluding hydrogens is 344 g/mol. The maximum Gasteiger partial charge on any atom is 0.255 e. The molecule has 0 aliphatic carbocycles. The van der Waals surface area contributed by atoms with E-state index in [0.29, 0.717) is 34.0 Å². The maximum atomic E-state index is 12.5. The zero-order valence-electron chi connectivity index (χ0n) is 14.4. The molecule has 2 rings (SSSR count). The van der Waals surface area contributed by atoms with E-state index in [1.165, 1.54) is 20.3 Å². The van der Waals surface area contributed by atoms with Gasteiger partial charge in [0.05, 0.1) is 31.9 Å². The Morgan fingerprint density at radius 3 is 2.32 bits per heavy atom. The molecule has 0 spiro atoms. The van der Waals surface area contributed by atoms with Crippen LogP contribution in [0.2, 0.25) is 0 Å². The Bertz CT molecular complexity index is 894. The fourth-order valence-corrected chi connectivity index (χ4v) is 2.79. The summed E-state index contributed by atoms with van der Waals surface area (Å²) in [5.41, 5.74) is 1.86. The Kier molecular flexibility index (Phi) is 5.53.